The smallest absolute Gasteiger partial charge is 0.125 e. The molecule has 0 fully saturated rings. The summed E-state index contributed by atoms with van der Waals surface area (Å²) in [5.41, 5.74) is 0. The summed E-state index contributed by atoms with van der Waals surface area (Å²) in [7, 11) is 0. The predicted octanol–water partition coefficient (Wildman–Crippen LogP) is 1.73. The van der Waals surface area contributed by atoms with Crippen LogP contribution in [0.25, 0.3) is 0 Å². The van der Waals surface area contributed by atoms with Crippen LogP contribution < -0.4 is 0 Å². The van der Waals surface area contributed by atoms with E-state index in [4.69, 9.17) is 11.6 Å². The Bertz CT molecular complexity index is 174. The van der Waals surface area contributed by atoms with Crippen LogP contribution in [0.2, 0.25) is 5.02 Å². The Labute approximate surface area is 65.4 Å². The van der Waals surface area contributed by atoms with Crippen molar-refractivity contribution in [1.29, 1.82) is 0 Å². The molecule has 1 heterocycles. The average Bonchev–Trinajstić information content (AvgIpc) is 1.64. The predicted molar refractivity (Wildman–Crippen MR) is 39.8 cm³/mol. The molecule has 0 aliphatic carbocycles. The molecule has 42 valence electrons. The van der Waals surface area contributed by atoms with E-state index in [1.165, 1.54) is 6.20 Å². The molecule has 0 saturated heterocycles. The van der Waals surface area contributed by atoms with Crippen LogP contribution in [0.5, 0.6) is 0 Å². The van der Waals surface area contributed by atoms with Gasteiger partial charge in [-0.1, -0.05) is 11.6 Å². The molecular weight excluding hydrogens is 238 g/mol. The van der Waals surface area contributed by atoms with E-state index < -0.39 is 0 Å². The zero-order valence-electron chi connectivity index (χ0n) is 3.81. The van der Waals surface area contributed by atoms with Gasteiger partial charge >= 0.3 is 0 Å². The monoisotopic (exact) mass is 240 g/mol. The van der Waals surface area contributed by atoms with Crippen molar-refractivity contribution >= 4 is 34.2 Å². The first kappa shape index (κ1) is 6.22. The summed E-state index contributed by atoms with van der Waals surface area (Å²) in [5, 5.41) is 7.92. The Morgan fingerprint density at radius 3 is 2.75 bits per heavy atom. The van der Waals surface area contributed by atoms with Crippen molar-refractivity contribution in [2.45, 2.75) is 0 Å². The highest BCUT2D eigenvalue weighted by atomic mass is 127. The van der Waals surface area contributed by atoms with Crippen molar-refractivity contribution in [2.75, 3.05) is 0 Å². The lowest BCUT2D eigenvalue weighted by Crippen LogP contribution is -1.81. The van der Waals surface area contributed by atoms with E-state index in [-0.39, 0.29) is 0 Å². The van der Waals surface area contributed by atoms with Crippen molar-refractivity contribution < 1.29 is 0 Å². The van der Waals surface area contributed by atoms with Gasteiger partial charge in [0, 0.05) is 0 Å². The van der Waals surface area contributed by atoms with E-state index >= 15 is 0 Å². The van der Waals surface area contributed by atoms with Crippen molar-refractivity contribution in [3.63, 3.8) is 0 Å². The summed E-state index contributed by atoms with van der Waals surface area (Å²) in [5.74, 6) is 0. The lowest BCUT2D eigenvalue weighted by atomic mass is 10.6. The zero-order chi connectivity index (χ0) is 5.98. The number of rotatable bonds is 0. The van der Waals surface area contributed by atoms with Crippen LogP contribution in [0.3, 0.4) is 0 Å². The molecule has 0 aliphatic heterocycles. The largest absolute Gasteiger partial charge is 0.157 e. The maximum absolute atomic E-state index is 5.54. The molecule has 0 unspecified atom stereocenters. The topological polar surface area (TPSA) is 25.8 Å². The first-order chi connectivity index (χ1) is 3.79. The van der Waals surface area contributed by atoms with Gasteiger partial charge in [0.2, 0.25) is 0 Å². The SMILES string of the molecule is Clc1cnnc(I)c1. The fraction of sp³-hybridized carbons (Fsp3) is 0. The second-order valence-electron chi connectivity index (χ2n) is 1.20. The summed E-state index contributed by atoms with van der Waals surface area (Å²) in [6.45, 7) is 0. The molecule has 0 radical (unpaired) electrons. The highest BCUT2D eigenvalue weighted by Crippen LogP contribution is 2.06. The second kappa shape index (κ2) is 2.59. The third-order valence-corrected chi connectivity index (χ3v) is 1.33. The Morgan fingerprint density at radius 1 is 1.62 bits per heavy atom. The first-order valence-corrected chi connectivity index (χ1v) is 3.38. The minimum Gasteiger partial charge on any atom is -0.157 e. The van der Waals surface area contributed by atoms with E-state index in [0.717, 1.165) is 3.70 Å². The van der Waals surface area contributed by atoms with E-state index in [2.05, 4.69) is 10.2 Å². The van der Waals surface area contributed by atoms with Gasteiger partial charge in [-0.05, 0) is 28.7 Å². The second-order valence-corrected chi connectivity index (χ2v) is 2.74. The van der Waals surface area contributed by atoms with E-state index in [9.17, 15) is 0 Å². The molecule has 0 atom stereocenters. The Hall–Kier alpha value is 0.100. The number of hydrogen-bond donors (Lipinski definition) is 0. The fourth-order valence-corrected chi connectivity index (χ4v) is 1.11. The molecule has 2 nitrogen and oxygen atoms in total. The molecule has 0 amide bonds. The summed E-state index contributed by atoms with van der Waals surface area (Å²) < 4.78 is 0.815. The summed E-state index contributed by atoms with van der Waals surface area (Å²) >= 11 is 7.59. The van der Waals surface area contributed by atoms with Crippen LogP contribution in [0, 0.1) is 3.70 Å². The van der Waals surface area contributed by atoms with Gasteiger partial charge in [0.1, 0.15) is 3.70 Å². The van der Waals surface area contributed by atoms with Crippen LogP contribution in [-0.2, 0) is 0 Å². The highest BCUT2D eigenvalue weighted by Gasteiger charge is 1.87. The van der Waals surface area contributed by atoms with Crippen molar-refractivity contribution in [1.82, 2.24) is 10.2 Å². The zero-order valence-corrected chi connectivity index (χ0v) is 6.72. The van der Waals surface area contributed by atoms with Crippen LogP contribution in [0.4, 0.5) is 0 Å². The molecule has 1 rings (SSSR count). The van der Waals surface area contributed by atoms with E-state index in [1.54, 1.807) is 6.07 Å². The van der Waals surface area contributed by atoms with Gasteiger partial charge in [-0.15, -0.1) is 5.10 Å². The van der Waals surface area contributed by atoms with Gasteiger partial charge in [-0.25, -0.2) is 0 Å². The number of nitrogens with zero attached hydrogens (tertiary/aromatic N) is 2. The van der Waals surface area contributed by atoms with Crippen LogP contribution in [0.15, 0.2) is 12.3 Å². The summed E-state index contributed by atoms with van der Waals surface area (Å²) in [6.07, 6.45) is 1.50. The van der Waals surface area contributed by atoms with Gasteiger partial charge in [0.25, 0.3) is 0 Å². The van der Waals surface area contributed by atoms with Gasteiger partial charge in [-0.3, -0.25) is 0 Å². The molecule has 0 saturated carbocycles. The molecule has 0 spiro atoms. The Morgan fingerprint density at radius 2 is 2.38 bits per heavy atom. The lowest BCUT2D eigenvalue weighted by Gasteiger charge is -1.85. The molecule has 0 aliphatic rings. The maximum Gasteiger partial charge on any atom is 0.125 e. The molecular formula is C4H2ClIN2. The Balaban J connectivity index is 3.08. The minimum atomic E-state index is 0.629. The van der Waals surface area contributed by atoms with E-state index in [1.807, 2.05) is 22.6 Å². The summed E-state index contributed by atoms with van der Waals surface area (Å²) in [4.78, 5) is 0. The van der Waals surface area contributed by atoms with Crippen molar-refractivity contribution in [3.8, 4) is 0 Å². The first-order valence-electron chi connectivity index (χ1n) is 1.93. The molecule has 4 heteroatoms. The van der Waals surface area contributed by atoms with Crippen LogP contribution >= 0.6 is 34.2 Å². The molecule has 0 bridgehead atoms. The normalized spacial score (nSPS) is 9.25. The number of halogens is 2. The van der Waals surface area contributed by atoms with Gasteiger partial charge in [-0.2, -0.15) is 5.10 Å². The third kappa shape index (κ3) is 1.56. The minimum absolute atomic E-state index is 0.629. The van der Waals surface area contributed by atoms with Gasteiger partial charge < -0.3 is 0 Å². The molecule has 0 aromatic carbocycles. The Kier molecular flexibility index (Phi) is 2.01. The standard InChI is InChI=1S/C4H2ClIN2/c5-3-1-4(6)8-7-2-3/h1-2H. The highest BCUT2D eigenvalue weighted by molar-refractivity contribution is 14.1. The van der Waals surface area contributed by atoms with Crippen molar-refractivity contribution in [3.05, 3.63) is 21.0 Å². The third-order valence-electron chi connectivity index (χ3n) is 0.591. The molecule has 1 aromatic rings. The number of hydrogen-bond acceptors (Lipinski definition) is 2. The maximum atomic E-state index is 5.54. The van der Waals surface area contributed by atoms with Crippen LogP contribution in [-0.4, -0.2) is 10.2 Å². The lowest BCUT2D eigenvalue weighted by molar-refractivity contribution is 1.00. The fourth-order valence-electron chi connectivity index (χ4n) is 0.319. The number of aromatic nitrogens is 2. The average molecular weight is 240 g/mol. The van der Waals surface area contributed by atoms with Gasteiger partial charge in [0.15, 0.2) is 0 Å². The molecule has 1 aromatic heterocycles. The quantitative estimate of drug-likeness (QED) is 0.646. The van der Waals surface area contributed by atoms with Gasteiger partial charge in [0.05, 0.1) is 11.2 Å². The van der Waals surface area contributed by atoms with Crippen molar-refractivity contribution in [2.24, 2.45) is 0 Å². The molecule has 8 heavy (non-hydrogen) atoms. The van der Waals surface area contributed by atoms with Crippen LogP contribution in [0.1, 0.15) is 0 Å². The molecule has 0 N–H and O–H groups in total. The summed E-state index contributed by atoms with van der Waals surface area (Å²) in [6, 6.07) is 1.75. The van der Waals surface area contributed by atoms with E-state index in [0.29, 0.717) is 5.02 Å².